The SMILES string of the molecule is OCC1(c2cc(Br)ccc2O)CC1. The number of phenolic OH excluding ortho intramolecular Hbond substituents is 1. The summed E-state index contributed by atoms with van der Waals surface area (Å²) in [4.78, 5) is 0. The molecule has 1 aromatic rings. The van der Waals surface area contributed by atoms with Crippen LogP contribution >= 0.6 is 15.9 Å². The van der Waals surface area contributed by atoms with E-state index in [-0.39, 0.29) is 17.8 Å². The minimum Gasteiger partial charge on any atom is -0.508 e. The first-order chi connectivity index (χ1) is 6.18. The maximum Gasteiger partial charge on any atom is 0.119 e. The van der Waals surface area contributed by atoms with Gasteiger partial charge in [0.15, 0.2) is 0 Å². The Balaban J connectivity index is 2.44. The van der Waals surface area contributed by atoms with Crippen molar-refractivity contribution in [2.45, 2.75) is 18.3 Å². The summed E-state index contributed by atoms with van der Waals surface area (Å²) in [5.41, 5.74) is 0.706. The van der Waals surface area contributed by atoms with E-state index in [1.807, 2.05) is 6.07 Å². The van der Waals surface area contributed by atoms with Gasteiger partial charge in [-0.05, 0) is 31.0 Å². The molecule has 3 heteroatoms. The standard InChI is InChI=1S/C10H11BrO2/c11-7-1-2-9(13)8(5-7)10(6-12)3-4-10/h1-2,5,12-13H,3-4,6H2. The Morgan fingerprint density at radius 1 is 1.38 bits per heavy atom. The average Bonchev–Trinajstić information content (AvgIpc) is 2.90. The lowest BCUT2D eigenvalue weighted by Gasteiger charge is -2.13. The normalized spacial score (nSPS) is 18.6. The van der Waals surface area contributed by atoms with Gasteiger partial charge >= 0.3 is 0 Å². The van der Waals surface area contributed by atoms with E-state index in [1.165, 1.54) is 0 Å². The summed E-state index contributed by atoms with van der Waals surface area (Å²) in [6, 6.07) is 5.35. The molecule has 1 fully saturated rings. The van der Waals surface area contributed by atoms with Crippen LogP contribution in [0.1, 0.15) is 18.4 Å². The van der Waals surface area contributed by atoms with Crippen LogP contribution in [0.4, 0.5) is 0 Å². The summed E-state index contributed by atoms with van der Waals surface area (Å²) in [6.45, 7) is 0.122. The molecule has 0 aliphatic heterocycles. The van der Waals surface area contributed by atoms with Gasteiger partial charge in [0, 0.05) is 15.5 Å². The topological polar surface area (TPSA) is 40.5 Å². The van der Waals surface area contributed by atoms with Crippen molar-refractivity contribution in [2.24, 2.45) is 0 Å². The molecule has 0 saturated heterocycles. The number of aliphatic hydroxyl groups is 1. The van der Waals surface area contributed by atoms with Crippen LogP contribution < -0.4 is 0 Å². The molecular formula is C10H11BrO2. The van der Waals surface area contributed by atoms with Gasteiger partial charge in [-0.3, -0.25) is 0 Å². The van der Waals surface area contributed by atoms with Crippen LogP contribution in [0.15, 0.2) is 22.7 Å². The second-order valence-corrected chi connectivity index (χ2v) is 4.52. The van der Waals surface area contributed by atoms with Gasteiger partial charge < -0.3 is 10.2 Å². The zero-order valence-electron chi connectivity index (χ0n) is 7.13. The molecule has 0 amide bonds. The van der Waals surface area contributed by atoms with Crippen molar-refractivity contribution < 1.29 is 10.2 Å². The number of halogens is 1. The highest BCUT2D eigenvalue weighted by atomic mass is 79.9. The van der Waals surface area contributed by atoms with Crippen LogP contribution in [0.5, 0.6) is 5.75 Å². The third-order valence-corrected chi connectivity index (χ3v) is 3.18. The lowest BCUT2D eigenvalue weighted by atomic mass is 9.96. The minimum atomic E-state index is -0.159. The van der Waals surface area contributed by atoms with Crippen molar-refractivity contribution in [1.82, 2.24) is 0 Å². The summed E-state index contributed by atoms with van der Waals surface area (Å²) in [5.74, 6) is 0.287. The van der Waals surface area contributed by atoms with Crippen LogP contribution in [-0.4, -0.2) is 16.8 Å². The number of benzene rings is 1. The smallest absolute Gasteiger partial charge is 0.119 e. The Kier molecular flexibility index (Phi) is 2.08. The number of hydrogen-bond acceptors (Lipinski definition) is 2. The van der Waals surface area contributed by atoms with Gasteiger partial charge in [-0.25, -0.2) is 0 Å². The van der Waals surface area contributed by atoms with Gasteiger partial charge in [-0.1, -0.05) is 15.9 Å². The molecular weight excluding hydrogens is 232 g/mol. The first kappa shape index (κ1) is 9.03. The molecule has 0 aromatic heterocycles. The zero-order valence-corrected chi connectivity index (χ0v) is 8.71. The van der Waals surface area contributed by atoms with E-state index >= 15 is 0 Å². The monoisotopic (exact) mass is 242 g/mol. The fraction of sp³-hybridized carbons (Fsp3) is 0.400. The van der Waals surface area contributed by atoms with E-state index in [0.29, 0.717) is 0 Å². The number of aliphatic hydroxyl groups excluding tert-OH is 1. The van der Waals surface area contributed by atoms with Crippen molar-refractivity contribution in [3.05, 3.63) is 28.2 Å². The predicted molar refractivity (Wildman–Crippen MR) is 53.8 cm³/mol. The maximum absolute atomic E-state index is 9.61. The molecule has 2 N–H and O–H groups in total. The van der Waals surface area contributed by atoms with Gasteiger partial charge in [0.25, 0.3) is 0 Å². The van der Waals surface area contributed by atoms with Crippen LogP contribution in [0.2, 0.25) is 0 Å². The van der Waals surface area contributed by atoms with Crippen LogP contribution in [0, 0.1) is 0 Å². The Labute approximate surface area is 85.3 Å². The first-order valence-electron chi connectivity index (χ1n) is 4.28. The Bertz CT molecular complexity index is 332. The summed E-state index contributed by atoms with van der Waals surface area (Å²) >= 11 is 3.35. The highest BCUT2D eigenvalue weighted by Gasteiger charge is 2.45. The molecule has 1 aromatic carbocycles. The Morgan fingerprint density at radius 2 is 2.08 bits per heavy atom. The Morgan fingerprint density at radius 3 is 2.62 bits per heavy atom. The molecule has 1 saturated carbocycles. The predicted octanol–water partition coefficient (Wildman–Crippen LogP) is 2.18. The van der Waals surface area contributed by atoms with Crippen molar-refractivity contribution in [3.63, 3.8) is 0 Å². The minimum absolute atomic E-state index is 0.122. The molecule has 1 aliphatic carbocycles. The summed E-state index contributed by atoms with van der Waals surface area (Å²) < 4.78 is 0.944. The van der Waals surface area contributed by atoms with E-state index in [4.69, 9.17) is 0 Å². The largest absolute Gasteiger partial charge is 0.508 e. The van der Waals surface area contributed by atoms with E-state index in [9.17, 15) is 10.2 Å². The van der Waals surface area contributed by atoms with Crippen molar-refractivity contribution in [2.75, 3.05) is 6.61 Å². The van der Waals surface area contributed by atoms with E-state index in [1.54, 1.807) is 12.1 Å². The van der Waals surface area contributed by atoms with Gasteiger partial charge in [0.05, 0.1) is 6.61 Å². The average molecular weight is 243 g/mol. The van der Waals surface area contributed by atoms with Crippen LogP contribution in [-0.2, 0) is 5.41 Å². The summed E-state index contributed by atoms with van der Waals surface area (Å²) in [5, 5.41) is 18.8. The third-order valence-electron chi connectivity index (χ3n) is 2.69. The Hall–Kier alpha value is -0.540. The molecule has 70 valence electrons. The zero-order chi connectivity index (χ0) is 9.47. The fourth-order valence-corrected chi connectivity index (χ4v) is 1.96. The molecule has 0 bridgehead atoms. The van der Waals surface area contributed by atoms with Crippen LogP contribution in [0.25, 0.3) is 0 Å². The van der Waals surface area contributed by atoms with Crippen molar-refractivity contribution in [3.8, 4) is 5.75 Å². The quantitative estimate of drug-likeness (QED) is 0.835. The summed E-state index contributed by atoms with van der Waals surface area (Å²) in [7, 11) is 0. The van der Waals surface area contributed by atoms with E-state index < -0.39 is 0 Å². The number of aromatic hydroxyl groups is 1. The first-order valence-corrected chi connectivity index (χ1v) is 5.07. The molecule has 0 spiro atoms. The highest BCUT2D eigenvalue weighted by molar-refractivity contribution is 9.10. The van der Waals surface area contributed by atoms with E-state index in [0.717, 1.165) is 22.9 Å². The fourth-order valence-electron chi connectivity index (χ4n) is 1.60. The number of phenols is 1. The number of hydrogen-bond donors (Lipinski definition) is 2. The van der Waals surface area contributed by atoms with Gasteiger partial charge in [-0.15, -0.1) is 0 Å². The molecule has 13 heavy (non-hydrogen) atoms. The van der Waals surface area contributed by atoms with Crippen molar-refractivity contribution in [1.29, 1.82) is 0 Å². The second kappa shape index (κ2) is 3.00. The number of rotatable bonds is 2. The van der Waals surface area contributed by atoms with Gasteiger partial charge in [-0.2, -0.15) is 0 Å². The van der Waals surface area contributed by atoms with Gasteiger partial charge in [0.1, 0.15) is 5.75 Å². The molecule has 0 unspecified atom stereocenters. The molecule has 0 atom stereocenters. The lowest BCUT2D eigenvalue weighted by molar-refractivity contribution is 0.252. The van der Waals surface area contributed by atoms with E-state index in [2.05, 4.69) is 15.9 Å². The lowest BCUT2D eigenvalue weighted by Crippen LogP contribution is -2.11. The molecule has 0 radical (unpaired) electrons. The summed E-state index contributed by atoms with van der Waals surface area (Å²) in [6.07, 6.45) is 1.93. The third kappa shape index (κ3) is 1.46. The highest BCUT2D eigenvalue weighted by Crippen LogP contribution is 2.51. The van der Waals surface area contributed by atoms with Gasteiger partial charge in [0.2, 0.25) is 0 Å². The molecule has 2 rings (SSSR count). The molecule has 1 aliphatic rings. The second-order valence-electron chi connectivity index (χ2n) is 3.60. The van der Waals surface area contributed by atoms with Crippen molar-refractivity contribution >= 4 is 15.9 Å². The molecule has 2 nitrogen and oxygen atoms in total. The molecule has 0 heterocycles. The van der Waals surface area contributed by atoms with Crippen LogP contribution in [0.3, 0.4) is 0 Å². The maximum atomic E-state index is 9.61.